The largest absolute Gasteiger partial charge is 0.469 e. The van der Waals surface area contributed by atoms with Gasteiger partial charge in [0, 0.05) is 18.4 Å². The standard InChI is InChI=1S/C24H33ClO8/c1-14(11-22(28)30-4)10-19(27)24-21-12-18(32-24)9-8-17(25)7-5-6-15(2)20(31-16(3)26)13-23(29)33-21/h6-7,10,18-21,24,27H,5,8-9,11-13H2,1-4H3/b14-10+,15-6-,17-7+/t18-,19-,20-,21-,24-/m0/s1. The van der Waals surface area contributed by atoms with E-state index in [1.807, 2.05) is 12.2 Å². The van der Waals surface area contributed by atoms with Gasteiger partial charge in [0.25, 0.3) is 0 Å². The van der Waals surface area contributed by atoms with Gasteiger partial charge in [0.05, 0.1) is 26.1 Å². The molecule has 1 saturated heterocycles. The van der Waals surface area contributed by atoms with Gasteiger partial charge in [0.1, 0.15) is 24.4 Å². The number of carbonyl (C=O) groups is 3. The molecule has 0 spiro atoms. The number of fused-ring (bicyclic) bond motifs is 2. The third-order valence-electron chi connectivity index (χ3n) is 5.59. The van der Waals surface area contributed by atoms with E-state index in [-0.39, 0.29) is 18.9 Å². The summed E-state index contributed by atoms with van der Waals surface area (Å²) in [6, 6.07) is 0. The molecule has 1 N–H and O–H groups in total. The average molecular weight is 485 g/mol. The summed E-state index contributed by atoms with van der Waals surface area (Å²) in [7, 11) is 1.29. The van der Waals surface area contributed by atoms with Crippen LogP contribution in [0, 0.1) is 0 Å². The lowest BCUT2D eigenvalue weighted by atomic mass is 10.0. The molecule has 0 aliphatic carbocycles. The van der Waals surface area contributed by atoms with Gasteiger partial charge >= 0.3 is 17.9 Å². The van der Waals surface area contributed by atoms with Crippen LogP contribution in [0.3, 0.4) is 0 Å². The maximum atomic E-state index is 12.7. The second-order valence-electron chi connectivity index (χ2n) is 8.42. The number of halogens is 1. The normalized spacial score (nSPS) is 31.2. The smallest absolute Gasteiger partial charge is 0.310 e. The summed E-state index contributed by atoms with van der Waals surface area (Å²) in [6.45, 7) is 4.77. The van der Waals surface area contributed by atoms with Crippen LogP contribution in [-0.4, -0.2) is 60.6 Å². The predicted molar refractivity (Wildman–Crippen MR) is 121 cm³/mol. The molecule has 184 valence electrons. The van der Waals surface area contributed by atoms with Crippen molar-refractivity contribution in [1.29, 1.82) is 0 Å². The van der Waals surface area contributed by atoms with Gasteiger partial charge < -0.3 is 24.1 Å². The topological polar surface area (TPSA) is 108 Å². The highest BCUT2D eigenvalue weighted by atomic mass is 35.5. The van der Waals surface area contributed by atoms with Crippen molar-refractivity contribution in [3.63, 3.8) is 0 Å². The predicted octanol–water partition coefficient (Wildman–Crippen LogP) is 3.50. The minimum absolute atomic E-state index is 0.0320. The number of aliphatic hydroxyl groups is 1. The second-order valence-corrected chi connectivity index (χ2v) is 8.90. The molecule has 0 aromatic carbocycles. The van der Waals surface area contributed by atoms with E-state index in [0.29, 0.717) is 36.3 Å². The number of hydrogen-bond acceptors (Lipinski definition) is 8. The molecule has 2 aliphatic heterocycles. The third kappa shape index (κ3) is 8.95. The van der Waals surface area contributed by atoms with Crippen molar-refractivity contribution in [3.05, 3.63) is 34.4 Å². The van der Waals surface area contributed by atoms with Crippen LogP contribution in [0.2, 0.25) is 0 Å². The summed E-state index contributed by atoms with van der Waals surface area (Å²) in [5.41, 5.74) is 1.33. The van der Waals surface area contributed by atoms with Crippen molar-refractivity contribution in [2.45, 2.75) is 89.8 Å². The first kappa shape index (κ1) is 27.1. The van der Waals surface area contributed by atoms with Gasteiger partial charge in [-0.15, -0.1) is 0 Å². The van der Waals surface area contributed by atoms with Crippen molar-refractivity contribution >= 4 is 29.5 Å². The zero-order chi connectivity index (χ0) is 24.5. The molecule has 0 amide bonds. The molecule has 9 heteroatoms. The van der Waals surface area contributed by atoms with Gasteiger partial charge in [-0.3, -0.25) is 14.4 Å². The van der Waals surface area contributed by atoms with Crippen LogP contribution in [-0.2, 0) is 33.3 Å². The van der Waals surface area contributed by atoms with Crippen molar-refractivity contribution in [2.75, 3.05) is 7.11 Å². The number of aliphatic hydroxyl groups excluding tert-OH is 1. The molecule has 1 fully saturated rings. The molecule has 2 aliphatic rings. The van der Waals surface area contributed by atoms with Crippen molar-refractivity contribution in [1.82, 2.24) is 0 Å². The van der Waals surface area contributed by atoms with E-state index in [0.717, 1.165) is 5.57 Å². The number of rotatable bonds is 5. The number of ether oxygens (including phenoxy) is 4. The molecule has 2 heterocycles. The van der Waals surface area contributed by atoms with E-state index in [9.17, 15) is 19.5 Å². The van der Waals surface area contributed by atoms with E-state index >= 15 is 0 Å². The van der Waals surface area contributed by atoms with Crippen LogP contribution < -0.4 is 0 Å². The van der Waals surface area contributed by atoms with E-state index in [1.165, 1.54) is 20.1 Å². The molecule has 0 aromatic heterocycles. The lowest BCUT2D eigenvalue weighted by Crippen LogP contribution is -2.37. The van der Waals surface area contributed by atoms with Crippen molar-refractivity contribution in [3.8, 4) is 0 Å². The van der Waals surface area contributed by atoms with Crippen molar-refractivity contribution < 1.29 is 38.4 Å². The highest BCUT2D eigenvalue weighted by Crippen LogP contribution is 2.31. The van der Waals surface area contributed by atoms with Crippen LogP contribution in [0.4, 0.5) is 0 Å². The number of hydrogen-bond donors (Lipinski definition) is 1. The third-order valence-corrected chi connectivity index (χ3v) is 5.93. The average Bonchev–Trinajstić information content (AvgIpc) is 3.13. The Labute approximate surface area is 199 Å². The minimum Gasteiger partial charge on any atom is -0.469 e. The summed E-state index contributed by atoms with van der Waals surface area (Å²) in [6.07, 6.45) is 3.64. The Morgan fingerprint density at radius 1 is 1.33 bits per heavy atom. The summed E-state index contributed by atoms with van der Waals surface area (Å²) >= 11 is 6.35. The number of esters is 3. The van der Waals surface area contributed by atoms with E-state index in [1.54, 1.807) is 13.8 Å². The second kappa shape index (κ2) is 12.9. The monoisotopic (exact) mass is 484 g/mol. The Kier molecular flexibility index (Phi) is 10.6. The van der Waals surface area contributed by atoms with Crippen LogP contribution in [0.5, 0.6) is 0 Å². The fraction of sp³-hybridized carbons (Fsp3) is 0.625. The molecule has 0 radical (unpaired) electrons. The zero-order valence-corrected chi connectivity index (χ0v) is 20.3. The summed E-state index contributed by atoms with van der Waals surface area (Å²) in [5.74, 6) is -1.48. The van der Waals surface area contributed by atoms with Crippen molar-refractivity contribution in [2.24, 2.45) is 0 Å². The molecule has 2 bridgehead atoms. The Morgan fingerprint density at radius 2 is 2.06 bits per heavy atom. The van der Waals surface area contributed by atoms with Crippen LogP contribution >= 0.6 is 11.6 Å². The fourth-order valence-corrected chi connectivity index (χ4v) is 4.07. The summed E-state index contributed by atoms with van der Waals surface area (Å²) < 4.78 is 21.7. The first-order chi connectivity index (χ1) is 15.6. The Bertz CT molecular complexity index is 815. The molecule has 2 rings (SSSR count). The van der Waals surface area contributed by atoms with Gasteiger partial charge in [0.2, 0.25) is 0 Å². The summed E-state index contributed by atoms with van der Waals surface area (Å²) in [4.78, 5) is 35.8. The molecule has 5 atom stereocenters. The molecular weight excluding hydrogens is 452 g/mol. The maximum Gasteiger partial charge on any atom is 0.310 e. The highest BCUT2D eigenvalue weighted by molar-refractivity contribution is 6.29. The Hall–Kier alpha value is -2.16. The SMILES string of the molecule is COC(=O)C/C(C)=C/[C@H](O)[C@@H]1O[C@H]2CC/C(Cl)=C\C/C=C(/C)[C@@H](OC(C)=O)CC(=O)O[C@H]1C2. The number of methoxy groups -OCH3 is 1. The van der Waals surface area contributed by atoms with E-state index < -0.39 is 42.3 Å². The van der Waals surface area contributed by atoms with Crippen LogP contribution in [0.1, 0.15) is 59.3 Å². The summed E-state index contributed by atoms with van der Waals surface area (Å²) in [5, 5.41) is 11.4. The molecule has 8 nitrogen and oxygen atoms in total. The van der Waals surface area contributed by atoms with Crippen LogP contribution in [0.25, 0.3) is 0 Å². The molecule has 0 unspecified atom stereocenters. The fourth-order valence-electron chi connectivity index (χ4n) is 3.87. The molecular formula is C24H33ClO8. The van der Waals surface area contributed by atoms with Gasteiger partial charge in [-0.05, 0) is 38.7 Å². The number of allylic oxidation sites excluding steroid dienone is 3. The number of carbonyl (C=O) groups excluding carboxylic acids is 3. The van der Waals surface area contributed by atoms with Gasteiger partial charge in [-0.25, -0.2) is 0 Å². The molecule has 0 aromatic rings. The molecule has 33 heavy (non-hydrogen) atoms. The maximum absolute atomic E-state index is 12.7. The quantitative estimate of drug-likeness (QED) is 0.359. The Balaban J connectivity index is 2.24. The first-order valence-electron chi connectivity index (χ1n) is 11.0. The zero-order valence-electron chi connectivity index (χ0n) is 19.5. The van der Waals surface area contributed by atoms with E-state index in [4.69, 9.17) is 25.8 Å². The lowest BCUT2D eigenvalue weighted by molar-refractivity contribution is -0.159. The van der Waals surface area contributed by atoms with E-state index in [2.05, 4.69) is 4.74 Å². The van der Waals surface area contributed by atoms with Gasteiger partial charge in [-0.1, -0.05) is 35.4 Å². The Morgan fingerprint density at radius 3 is 2.73 bits per heavy atom. The van der Waals surface area contributed by atoms with Crippen LogP contribution in [0.15, 0.2) is 34.4 Å². The van der Waals surface area contributed by atoms with Gasteiger partial charge in [-0.2, -0.15) is 0 Å². The lowest BCUT2D eigenvalue weighted by Gasteiger charge is -2.24. The first-order valence-corrected chi connectivity index (χ1v) is 11.4. The van der Waals surface area contributed by atoms with Gasteiger partial charge in [0.15, 0.2) is 0 Å². The molecule has 0 saturated carbocycles. The minimum atomic E-state index is -1.09. The highest BCUT2D eigenvalue weighted by Gasteiger charge is 2.41.